The summed E-state index contributed by atoms with van der Waals surface area (Å²) in [5.41, 5.74) is 13.7. The average Bonchev–Trinajstić information content (AvgIpc) is 3.90. The first-order valence-electron chi connectivity index (χ1n) is 19.1. The first-order valence-corrected chi connectivity index (χ1v) is 19.1. The summed E-state index contributed by atoms with van der Waals surface area (Å²) in [6.07, 6.45) is 1.61. The molecule has 0 spiro atoms. The summed E-state index contributed by atoms with van der Waals surface area (Å²) < 4.78 is 9.32. The van der Waals surface area contributed by atoms with Crippen molar-refractivity contribution >= 4 is 65.4 Å². The van der Waals surface area contributed by atoms with Gasteiger partial charge in [0.05, 0.1) is 27.9 Å². The Labute approximate surface area is 316 Å². The molecule has 11 aromatic rings. The van der Waals surface area contributed by atoms with Gasteiger partial charge in [0.15, 0.2) is 0 Å². The Hall–Kier alpha value is -7.04. The van der Waals surface area contributed by atoms with Gasteiger partial charge in [0.1, 0.15) is 17.0 Å². The average molecular weight is 704 g/mol. The molecule has 1 aliphatic carbocycles. The first-order chi connectivity index (χ1) is 27.3. The molecular formula is C51H33N3O. The number of hydrogen-bond donors (Lipinski definition) is 0. The third kappa shape index (κ3) is 4.46. The number of rotatable bonds is 5. The van der Waals surface area contributed by atoms with E-state index in [2.05, 4.69) is 174 Å². The topological polar surface area (TPSA) is 43.9 Å². The van der Waals surface area contributed by atoms with Crippen molar-refractivity contribution in [2.45, 2.75) is 18.8 Å². The zero-order valence-electron chi connectivity index (χ0n) is 29.9. The smallest absolute Gasteiger partial charge is 0.143 e. The molecule has 12 rings (SSSR count). The zero-order chi connectivity index (χ0) is 36.0. The summed E-state index contributed by atoms with van der Waals surface area (Å²) in [7, 11) is 0. The summed E-state index contributed by atoms with van der Waals surface area (Å²) in [6.45, 7) is 0. The highest BCUT2D eigenvalue weighted by atomic mass is 16.3. The van der Waals surface area contributed by atoms with Crippen molar-refractivity contribution in [3.63, 3.8) is 0 Å². The number of benzene rings is 8. The Morgan fingerprint density at radius 3 is 2.13 bits per heavy atom. The van der Waals surface area contributed by atoms with E-state index in [1.54, 1.807) is 0 Å². The van der Waals surface area contributed by atoms with Crippen molar-refractivity contribution in [3.8, 4) is 28.1 Å². The predicted octanol–water partition coefficient (Wildman–Crippen LogP) is 13.2. The van der Waals surface area contributed by atoms with Gasteiger partial charge in [-0.2, -0.15) is 0 Å². The number of fused-ring (bicyclic) bond motifs is 13. The van der Waals surface area contributed by atoms with Gasteiger partial charge in [0.2, 0.25) is 0 Å². The van der Waals surface area contributed by atoms with Gasteiger partial charge in [0.25, 0.3) is 0 Å². The molecule has 1 aliphatic rings. The maximum absolute atomic E-state index is 6.85. The van der Waals surface area contributed by atoms with Crippen LogP contribution in [0.15, 0.2) is 174 Å². The van der Waals surface area contributed by atoms with Crippen molar-refractivity contribution in [1.29, 1.82) is 0 Å². The van der Waals surface area contributed by atoms with Gasteiger partial charge >= 0.3 is 0 Å². The van der Waals surface area contributed by atoms with Gasteiger partial charge in [-0.15, -0.1) is 0 Å². The highest BCUT2D eigenvalue weighted by molar-refractivity contribution is 6.22. The predicted molar refractivity (Wildman–Crippen MR) is 226 cm³/mol. The molecule has 0 amide bonds. The van der Waals surface area contributed by atoms with Crippen LogP contribution in [0, 0.1) is 0 Å². The van der Waals surface area contributed by atoms with Gasteiger partial charge in [0, 0.05) is 55.8 Å². The summed E-state index contributed by atoms with van der Waals surface area (Å²) in [5, 5.41) is 8.35. The number of aromatic nitrogens is 3. The van der Waals surface area contributed by atoms with Gasteiger partial charge < -0.3 is 8.98 Å². The van der Waals surface area contributed by atoms with Gasteiger partial charge in [-0.3, -0.25) is 0 Å². The van der Waals surface area contributed by atoms with Crippen LogP contribution in [0.5, 0.6) is 0 Å². The molecule has 0 bridgehead atoms. The minimum atomic E-state index is 0.141. The Morgan fingerprint density at radius 1 is 0.509 bits per heavy atom. The molecule has 1 atom stereocenters. The SMILES string of the molecule is c1ccc(-c2nc(CCC3c4ccc5c(oc6ccccc65)c4-c4c3ccc3c4c4ccccc4n3-c3cccc4ccccc34)nc3ccccc23)cc1. The quantitative estimate of drug-likeness (QED) is 0.179. The Morgan fingerprint density at radius 2 is 1.22 bits per heavy atom. The van der Waals surface area contributed by atoms with Crippen LogP contribution in [0.3, 0.4) is 0 Å². The third-order valence-corrected chi connectivity index (χ3v) is 11.8. The van der Waals surface area contributed by atoms with Crippen LogP contribution in [0.1, 0.15) is 29.3 Å². The molecule has 0 saturated carbocycles. The van der Waals surface area contributed by atoms with Crippen LogP contribution in [-0.2, 0) is 6.42 Å². The fraction of sp³-hybridized carbons (Fsp3) is 0.0588. The number of aryl methyl sites for hydroxylation is 1. The van der Waals surface area contributed by atoms with Crippen LogP contribution in [0.2, 0.25) is 0 Å². The van der Waals surface area contributed by atoms with Crippen molar-refractivity contribution in [2.24, 2.45) is 0 Å². The minimum absolute atomic E-state index is 0.141. The van der Waals surface area contributed by atoms with Crippen LogP contribution in [0.25, 0.3) is 93.5 Å². The van der Waals surface area contributed by atoms with E-state index in [1.807, 2.05) is 0 Å². The molecule has 1 unspecified atom stereocenters. The monoisotopic (exact) mass is 703 g/mol. The summed E-state index contributed by atoms with van der Waals surface area (Å²) in [6, 6.07) is 60.9. The fourth-order valence-corrected chi connectivity index (χ4v) is 9.46. The Balaban J connectivity index is 1.10. The molecule has 3 aromatic heterocycles. The zero-order valence-corrected chi connectivity index (χ0v) is 29.9. The second-order valence-electron chi connectivity index (χ2n) is 14.7. The number of furan rings is 1. The Kier molecular flexibility index (Phi) is 6.49. The normalized spacial score (nSPS) is 13.8. The second kappa shape index (κ2) is 11.7. The van der Waals surface area contributed by atoms with Crippen molar-refractivity contribution in [3.05, 3.63) is 187 Å². The molecule has 0 radical (unpaired) electrons. The van der Waals surface area contributed by atoms with E-state index in [-0.39, 0.29) is 5.92 Å². The van der Waals surface area contributed by atoms with E-state index < -0.39 is 0 Å². The van der Waals surface area contributed by atoms with Crippen molar-refractivity contribution < 1.29 is 4.42 Å². The highest BCUT2D eigenvalue weighted by Gasteiger charge is 2.35. The lowest BCUT2D eigenvalue weighted by Gasteiger charge is -2.15. The summed E-state index contributed by atoms with van der Waals surface area (Å²) in [4.78, 5) is 10.4. The molecule has 4 heteroatoms. The molecular weight excluding hydrogens is 671 g/mol. The molecule has 0 aliphatic heterocycles. The largest absolute Gasteiger partial charge is 0.455 e. The number of para-hydroxylation sites is 3. The highest BCUT2D eigenvalue weighted by Crippen LogP contribution is 2.55. The van der Waals surface area contributed by atoms with Gasteiger partial charge in [-0.1, -0.05) is 140 Å². The fourth-order valence-electron chi connectivity index (χ4n) is 9.46. The number of nitrogens with zero attached hydrogens (tertiary/aromatic N) is 3. The molecule has 3 heterocycles. The summed E-state index contributed by atoms with van der Waals surface area (Å²) in [5.74, 6) is 1.01. The van der Waals surface area contributed by atoms with E-state index >= 15 is 0 Å². The molecule has 0 N–H and O–H groups in total. The van der Waals surface area contributed by atoms with E-state index in [9.17, 15) is 0 Å². The lowest BCUT2D eigenvalue weighted by molar-refractivity contribution is 0.668. The molecule has 0 fully saturated rings. The second-order valence-corrected chi connectivity index (χ2v) is 14.7. The van der Waals surface area contributed by atoms with E-state index in [4.69, 9.17) is 14.4 Å². The van der Waals surface area contributed by atoms with Gasteiger partial charge in [-0.05, 0) is 58.8 Å². The van der Waals surface area contributed by atoms with Crippen LogP contribution >= 0.6 is 0 Å². The molecule has 55 heavy (non-hydrogen) atoms. The minimum Gasteiger partial charge on any atom is -0.455 e. The third-order valence-electron chi connectivity index (χ3n) is 11.8. The van der Waals surface area contributed by atoms with E-state index in [1.165, 1.54) is 60.5 Å². The van der Waals surface area contributed by atoms with Crippen molar-refractivity contribution in [1.82, 2.24) is 14.5 Å². The van der Waals surface area contributed by atoms with Crippen molar-refractivity contribution in [2.75, 3.05) is 0 Å². The van der Waals surface area contributed by atoms with E-state index in [0.29, 0.717) is 0 Å². The van der Waals surface area contributed by atoms with Crippen LogP contribution in [0.4, 0.5) is 0 Å². The number of hydrogen-bond acceptors (Lipinski definition) is 3. The maximum Gasteiger partial charge on any atom is 0.143 e. The van der Waals surface area contributed by atoms with Crippen LogP contribution < -0.4 is 0 Å². The maximum atomic E-state index is 6.85. The molecule has 258 valence electrons. The van der Waals surface area contributed by atoms with Crippen LogP contribution in [-0.4, -0.2) is 14.5 Å². The first kappa shape index (κ1) is 30.4. The molecule has 0 saturated heterocycles. The van der Waals surface area contributed by atoms with Gasteiger partial charge in [-0.25, -0.2) is 9.97 Å². The summed E-state index contributed by atoms with van der Waals surface area (Å²) >= 11 is 0. The van der Waals surface area contributed by atoms with E-state index in [0.717, 1.165) is 62.8 Å². The molecule has 8 aromatic carbocycles. The standard InChI is InChI=1S/C51H33N3O/c1-2-14-32(15-3-1)50-39-19-6-9-21-41(39)52-46(53-50)30-28-34-36-27-29-44-47(48(36)49-37(34)25-26-38-35-18-8-11-24-45(35)55-51(38)49)40-20-7-10-22-43(40)54(44)42-23-12-16-31-13-4-5-17-33(31)42/h1-27,29,34H,28,30H2. The Bertz CT molecular complexity index is 3330. The molecule has 4 nitrogen and oxygen atoms in total. The lowest BCUT2D eigenvalue weighted by atomic mass is 9.91. The lowest BCUT2D eigenvalue weighted by Crippen LogP contribution is -2.04.